The number of hydrogen-bond donors (Lipinski definition) is 0. The van der Waals surface area contributed by atoms with E-state index in [1.54, 1.807) is 17.4 Å². The van der Waals surface area contributed by atoms with E-state index >= 15 is 0 Å². The average Bonchev–Trinajstić information content (AvgIpc) is 3.05. The molecule has 1 atom stereocenters. The molecule has 0 bridgehead atoms. The highest BCUT2D eigenvalue weighted by Gasteiger charge is 2.33. The molecule has 1 aromatic carbocycles. The fourth-order valence-electron chi connectivity index (χ4n) is 2.91. The second-order valence-electron chi connectivity index (χ2n) is 5.49. The maximum atomic E-state index is 12.7. The van der Waals surface area contributed by atoms with Crippen molar-refractivity contribution >= 4 is 56.4 Å². The quantitative estimate of drug-likeness (QED) is 0.471. The van der Waals surface area contributed by atoms with Crippen molar-refractivity contribution in [3.63, 3.8) is 0 Å². The van der Waals surface area contributed by atoms with Gasteiger partial charge in [-0.2, -0.15) is 0 Å². The molecule has 1 aliphatic rings. The van der Waals surface area contributed by atoms with Crippen LogP contribution in [0.1, 0.15) is 22.0 Å². The Labute approximate surface area is 163 Å². The van der Waals surface area contributed by atoms with Crippen LogP contribution >= 0.6 is 50.5 Å². The molecule has 0 aliphatic carbocycles. The SMILES string of the molecule is O=C(OCCBr)C(c1cccc(Cl)c1Cl)N1CCc2sccc2C1. The summed E-state index contributed by atoms with van der Waals surface area (Å²) < 4.78 is 5.40. The highest BCUT2D eigenvalue weighted by molar-refractivity contribution is 9.09. The van der Waals surface area contributed by atoms with Crippen LogP contribution in [0.15, 0.2) is 29.6 Å². The predicted octanol–water partition coefficient (Wildman–Crippen LogP) is 5.09. The Morgan fingerprint density at radius 1 is 1.38 bits per heavy atom. The summed E-state index contributed by atoms with van der Waals surface area (Å²) in [6.07, 6.45) is 0.924. The molecule has 128 valence electrons. The lowest BCUT2D eigenvalue weighted by Crippen LogP contribution is -2.38. The first-order valence-corrected chi connectivity index (χ1v) is 10.3. The van der Waals surface area contributed by atoms with Gasteiger partial charge < -0.3 is 4.74 Å². The lowest BCUT2D eigenvalue weighted by atomic mass is 10.0. The molecule has 0 radical (unpaired) electrons. The van der Waals surface area contributed by atoms with Crippen LogP contribution in [0.5, 0.6) is 0 Å². The van der Waals surface area contributed by atoms with Gasteiger partial charge in [0.15, 0.2) is 0 Å². The van der Waals surface area contributed by atoms with Crippen LogP contribution < -0.4 is 0 Å². The van der Waals surface area contributed by atoms with E-state index in [9.17, 15) is 4.79 Å². The van der Waals surface area contributed by atoms with Crippen molar-refractivity contribution in [2.45, 2.75) is 19.0 Å². The van der Waals surface area contributed by atoms with Crippen LogP contribution in [0.2, 0.25) is 10.0 Å². The molecule has 1 aromatic heterocycles. The van der Waals surface area contributed by atoms with Crippen molar-refractivity contribution in [1.29, 1.82) is 0 Å². The predicted molar refractivity (Wildman–Crippen MR) is 102 cm³/mol. The zero-order chi connectivity index (χ0) is 17.1. The van der Waals surface area contributed by atoms with E-state index in [0.29, 0.717) is 34.1 Å². The Hall–Kier alpha value is -0.590. The molecule has 1 unspecified atom stereocenters. The molecule has 0 saturated heterocycles. The summed E-state index contributed by atoms with van der Waals surface area (Å²) in [7, 11) is 0. The number of thiophene rings is 1. The molecule has 0 N–H and O–H groups in total. The number of ether oxygens (including phenoxy) is 1. The number of hydrogen-bond acceptors (Lipinski definition) is 4. The minimum Gasteiger partial charge on any atom is -0.463 e. The van der Waals surface area contributed by atoms with Gasteiger partial charge in [-0.15, -0.1) is 11.3 Å². The standard InChI is InChI=1S/C17H16BrCl2NO2S/c18-6-8-23-17(22)16(12-2-1-3-13(19)15(12)20)21-7-4-14-11(10-21)5-9-24-14/h1-3,5,9,16H,4,6-8,10H2. The maximum absolute atomic E-state index is 12.7. The number of carbonyl (C=O) groups excluding carboxylic acids is 1. The molecule has 0 spiro atoms. The fourth-order valence-corrected chi connectivity index (χ4v) is 4.38. The Balaban J connectivity index is 1.93. The van der Waals surface area contributed by atoms with Crippen LogP contribution in [-0.2, 0) is 22.5 Å². The van der Waals surface area contributed by atoms with Gasteiger partial charge in [-0.1, -0.05) is 51.3 Å². The summed E-state index contributed by atoms with van der Waals surface area (Å²) in [6.45, 7) is 1.81. The number of carbonyl (C=O) groups is 1. The van der Waals surface area contributed by atoms with Crippen LogP contribution in [0, 0.1) is 0 Å². The molecule has 1 aliphatic heterocycles. The zero-order valence-corrected chi connectivity index (χ0v) is 16.7. The average molecular weight is 449 g/mol. The molecule has 2 aromatic rings. The summed E-state index contributed by atoms with van der Waals surface area (Å²) in [5.74, 6) is -0.294. The molecule has 0 saturated carbocycles. The number of rotatable bonds is 5. The minimum atomic E-state index is -0.553. The largest absolute Gasteiger partial charge is 0.463 e. The molecular formula is C17H16BrCl2NO2S. The number of esters is 1. The molecule has 7 heteroatoms. The van der Waals surface area contributed by atoms with Gasteiger partial charge >= 0.3 is 5.97 Å². The number of fused-ring (bicyclic) bond motifs is 1. The summed E-state index contributed by atoms with van der Waals surface area (Å²) in [5, 5.41) is 3.55. The Morgan fingerprint density at radius 3 is 3.00 bits per heavy atom. The van der Waals surface area contributed by atoms with Crippen LogP contribution in [0.4, 0.5) is 0 Å². The smallest absolute Gasteiger partial charge is 0.328 e. The van der Waals surface area contributed by atoms with Crippen molar-refractivity contribution < 1.29 is 9.53 Å². The molecule has 3 rings (SSSR count). The van der Waals surface area contributed by atoms with Gasteiger partial charge in [0.25, 0.3) is 0 Å². The van der Waals surface area contributed by atoms with Crippen LogP contribution in [0.25, 0.3) is 0 Å². The third-order valence-corrected chi connectivity index (χ3v) is 6.20. The van der Waals surface area contributed by atoms with Crippen molar-refractivity contribution in [3.8, 4) is 0 Å². The van der Waals surface area contributed by atoms with Crippen LogP contribution in [0.3, 0.4) is 0 Å². The number of alkyl halides is 1. The first-order chi connectivity index (χ1) is 11.6. The molecule has 0 amide bonds. The minimum absolute atomic E-state index is 0.294. The van der Waals surface area contributed by atoms with Crippen molar-refractivity contribution in [1.82, 2.24) is 4.90 Å². The summed E-state index contributed by atoms with van der Waals surface area (Å²) in [6, 6.07) is 6.95. The van der Waals surface area contributed by atoms with Gasteiger partial charge in [0.2, 0.25) is 0 Å². The van der Waals surface area contributed by atoms with Gasteiger partial charge in [-0.25, -0.2) is 4.79 Å². The third-order valence-electron chi connectivity index (χ3n) is 4.02. The first-order valence-electron chi connectivity index (χ1n) is 7.57. The van der Waals surface area contributed by atoms with Crippen molar-refractivity contribution in [3.05, 3.63) is 55.7 Å². The van der Waals surface area contributed by atoms with E-state index in [0.717, 1.165) is 13.0 Å². The highest BCUT2D eigenvalue weighted by atomic mass is 79.9. The van der Waals surface area contributed by atoms with Gasteiger partial charge in [0.1, 0.15) is 12.6 Å². The molecule has 3 nitrogen and oxygen atoms in total. The Bertz CT molecular complexity index is 737. The molecule has 0 fully saturated rings. The van der Waals surface area contributed by atoms with E-state index in [2.05, 4.69) is 32.3 Å². The van der Waals surface area contributed by atoms with Crippen molar-refractivity contribution in [2.75, 3.05) is 18.5 Å². The monoisotopic (exact) mass is 447 g/mol. The lowest BCUT2D eigenvalue weighted by molar-refractivity contribution is -0.150. The first kappa shape index (κ1) is 18.2. The highest BCUT2D eigenvalue weighted by Crippen LogP contribution is 2.36. The van der Waals surface area contributed by atoms with Gasteiger partial charge in [-0.05, 0) is 29.5 Å². The lowest BCUT2D eigenvalue weighted by Gasteiger charge is -2.33. The molecule has 2 heterocycles. The van der Waals surface area contributed by atoms with E-state index in [-0.39, 0.29) is 5.97 Å². The second kappa shape index (κ2) is 8.19. The fraction of sp³-hybridized carbons (Fsp3) is 0.353. The second-order valence-corrected chi connectivity index (χ2v) is 8.07. The van der Waals surface area contributed by atoms with Crippen molar-refractivity contribution in [2.24, 2.45) is 0 Å². The van der Waals surface area contributed by atoms with Gasteiger partial charge in [0, 0.05) is 28.9 Å². The van der Waals surface area contributed by atoms with Gasteiger partial charge in [0.05, 0.1) is 10.0 Å². The Kier molecular flexibility index (Phi) is 6.22. The summed E-state index contributed by atoms with van der Waals surface area (Å²) in [4.78, 5) is 16.2. The molecule has 24 heavy (non-hydrogen) atoms. The topological polar surface area (TPSA) is 29.5 Å². The zero-order valence-electron chi connectivity index (χ0n) is 12.8. The van der Waals surface area contributed by atoms with Crippen LogP contribution in [-0.4, -0.2) is 29.4 Å². The van der Waals surface area contributed by atoms with Gasteiger partial charge in [-0.3, -0.25) is 4.90 Å². The number of benzene rings is 1. The van der Waals surface area contributed by atoms with E-state index in [4.69, 9.17) is 27.9 Å². The number of halogens is 3. The Morgan fingerprint density at radius 2 is 2.21 bits per heavy atom. The third kappa shape index (κ3) is 3.81. The molecular weight excluding hydrogens is 433 g/mol. The van der Waals surface area contributed by atoms with E-state index in [1.165, 1.54) is 10.4 Å². The normalized spacial score (nSPS) is 15.8. The maximum Gasteiger partial charge on any atom is 0.328 e. The van der Waals surface area contributed by atoms with E-state index in [1.807, 2.05) is 12.1 Å². The summed E-state index contributed by atoms with van der Waals surface area (Å²) >= 11 is 17.6. The number of nitrogens with zero attached hydrogens (tertiary/aromatic N) is 1. The van der Waals surface area contributed by atoms with E-state index < -0.39 is 6.04 Å². The summed E-state index contributed by atoms with van der Waals surface area (Å²) in [5.41, 5.74) is 1.96.